The molecule has 0 aliphatic heterocycles. The molecule has 2 aromatic rings. The Balaban J connectivity index is 1.66. The van der Waals surface area contributed by atoms with Crippen LogP contribution in [0.3, 0.4) is 0 Å². The molecule has 1 nitrogen and oxygen atoms in total. The molecule has 0 radical (unpaired) electrons. The fourth-order valence-electron chi connectivity index (χ4n) is 1.45. The van der Waals surface area contributed by atoms with Gasteiger partial charge in [0.2, 0.25) is 0 Å². The predicted molar refractivity (Wildman–Crippen MR) is 80.8 cm³/mol. The van der Waals surface area contributed by atoms with E-state index in [2.05, 4.69) is 32.7 Å². The predicted octanol–water partition coefficient (Wildman–Crippen LogP) is 4.53. The maximum absolute atomic E-state index is 13.3. The average molecular weight is 346 g/mol. The summed E-state index contributed by atoms with van der Waals surface area (Å²) >= 11 is 6.70. The first-order valence-corrected chi connectivity index (χ1v) is 8.22. The van der Waals surface area contributed by atoms with E-state index in [0.29, 0.717) is 0 Å². The number of thiophene rings is 1. The number of benzene rings is 1. The number of hydrogen-bond donors (Lipinski definition) is 1. The number of halogens is 2. The van der Waals surface area contributed by atoms with Gasteiger partial charge >= 0.3 is 0 Å². The third-order valence-corrected chi connectivity index (χ3v) is 5.04. The molecule has 1 aromatic heterocycles. The molecule has 2 rings (SSSR count). The van der Waals surface area contributed by atoms with Crippen LogP contribution in [0.15, 0.2) is 45.1 Å². The van der Waals surface area contributed by atoms with Crippen LogP contribution in [0, 0.1) is 5.82 Å². The molecule has 0 bridgehead atoms. The van der Waals surface area contributed by atoms with Crippen LogP contribution in [0.5, 0.6) is 0 Å². The van der Waals surface area contributed by atoms with Crippen LogP contribution in [0.25, 0.3) is 0 Å². The summed E-state index contributed by atoms with van der Waals surface area (Å²) in [5, 5.41) is 5.43. The van der Waals surface area contributed by atoms with Crippen molar-refractivity contribution in [2.24, 2.45) is 0 Å². The second kappa shape index (κ2) is 7.28. The van der Waals surface area contributed by atoms with Crippen molar-refractivity contribution in [1.29, 1.82) is 0 Å². The molecule has 5 heteroatoms. The number of rotatable bonds is 6. The Labute approximate surface area is 123 Å². The van der Waals surface area contributed by atoms with Gasteiger partial charge in [-0.05, 0) is 34.1 Å². The van der Waals surface area contributed by atoms with Crippen LogP contribution in [0.2, 0.25) is 0 Å². The van der Waals surface area contributed by atoms with Crippen molar-refractivity contribution in [3.05, 3.63) is 50.9 Å². The largest absolute Gasteiger partial charge is 0.311 e. The zero-order valence-electron chi connectivity index (χ0n) is 9.66. The number of nitrogens with one attached hydrogen (secondary N) is 1. The lowest BCUT2D eigenvalue weighted by Gasteiger charge is -2.04. The van der Waals surface area contributed by atoms with Crippen LogP contribution in [-0.4, -0.2) is 12.3 Å². The van der Waals surface area contributed by atoms with E-state index in [4.69, 9.17) is 0 Å². The van der Waals surface area contributed by atoms with Gasteiger partial charge in [-0.25, -0.2) is 4.39 Å². The Kier molecular flexibility index (Phi) is 5.69. The maximum atomic E-state index is 13.3. The molecule has 0 saturated carbocycles. The minimum atomic E-state index is -0.135. The van der Waals surface area contributed by atoms with Crippen LogP contribution in [0.1, 0.15) is 4.88 Å². The van der Waals surface area contributed by atoms with E-state index in [-0.39, 0.29) is 5.82 Å². The third-order valence-electron chi connectivity index (χ3n) is 2.29. The minimum absolute atomic E-state index is 0.135. The summed E-state index contributed by atoms with van der Waals surface area (Å²) in [5.74, 6) is 0.734. The average Bonchev–Trinajstić information content (AvgIpc) is 2.77. The Morgan fingerprint density at radius 3 is 2.89 bits per heavy atom. The van der Waals surface area contributed by atoms with Crippen molar-refractivity contribution in [2.75, 3.05) is 12.3 Å². The molecular weight excluding hydrogens is 333 g/mol. The van der Waals surface area contributed by atoms with Crippen molar-refractivity contribution >= 4 is 39.0 Å². The van der Waals surface area contributed by atoms with E-state index in [0.717, 1.165) is 28.2 Å². The van der Waals surface area contributed by atoms with Crippen LogP contribution in [0.4, 0.5) is 4.39 Å². The molecule has 0 unspecified atom stereocenters. The van der Waals surface area contributed by atoms with Gasteiger partial charge in [0.05, 0.1) is 0 Å². The Morgan fingerprint density at radius 2 is 2.17 bits per heavy atom. The Hall–Kier alpha value is -0.360. The van der Waals surface area contributed by atoms with Gasteiger partial charge < -0.3 is 5.32 Å². The van der Waals surface area contributed by atoms with Crippen LogP contribution >= 0.6 is 39.0 Å². The van der Waals surface area contributed by atoms with Gasteiger partial charge in [-0.1, -0.05) is 12.1 Å². The van der Waals surface area contributed by atoms with Gasteiger partial charge in [0.15, 0.2) is 0 Å². The Morgan fingerprint density at radius 1 is 1.33 bits per heavy atom. The first kappa shape index (κ1) is 14.1. The normalized spacial score (nSPS) is 10.8. The van der Waals surface area contributed by atoms with Crippen LogP contribution < -0.4 is 5.32 Å². The fourth-order valence-corrected chi connectivity index (χ4v) is 3.72. The smallest absolute Gasteiger partial charge is 0.136 e. The molecular formula is C13H13BrFNS2. The molecule has 0 aliphatic carbocycles. The lowest BCUT2D eigenvalue weighted by atomic mass is 10.3. The summed E-state index contributed by atoms with van der Waals surface area (Å²) in [5.41, 5.74) is 0. The second-order valence-electron chi connectivity index (χ2n) is 3.69. The maximum Gasteiger partial charge on any atom is 0.136 e. The van der Waals surface area contributed by atoms with Gasteiger partial charge in [0, 0.05) is 38.5 Å². The van der Waals surface area contributed by atoms with Crippen molar-refractivity contribution in [1.82, 2.24) is 5.32 Å². The molecule has 18 heavy (non-hydrogen) atoms. The van der Waals surface area contributed by atoms with E-state index in [1.54, 1.807) is 29.2 Å². The van der Waals surface area contributed by atoms with E-state index < -0.39 is 0 Å². The number of hydrogen-bond acceptors (Lipinski definition) is 3. The molecule has 96 valence electrons. The first-order chi connectivity index (χ1) is 8.75. The second-order valence-corrected chi connectivity index (χ2v) is 6.74. The highest BCUT2D eigenvalue weighted by Crippen LogP contribution is 2.21. The lowest BCUT2D eigenvalue weighted by Crippen LogP contribution is -2.15. The van der Waals surface area contributed by atoms with Crippen molar-refractivity contribution in [3.8, 4) is 0 Å². The number of thioether (sulfide) groups is 1. The van der Waals surface area contributed by atoms with Gasteiger partial charge in [0.1, 0.15) is 5.82 Å². The molecule has 0 fully saturated rings. The third kappa shape index (κ3) is 4.39. The highest BCUT2D eigenvalue weighted by atomic mass is 79.9. The van der Waals surface area contributed by atoms with Crippen molar-refractivity contribution < 1.29 is 4.39 Å². The summed E-state index contributed by atoms with van der Waals surface area (Å²) in [6.45, 7) is 1.74. The summed E-state index contributed by atoms with van der Waals surface area (Å²) in [7, 11) is 0. The summed E-state index contributed by atoms with van der Waals surface area (Å²) in [6, 6.07) is 9.01. The fraction of sp³-hybridized carbons (Fsp3) is 0.231. The van der Waals surface area contributed by atoms with E-state index in [9.17, 15) is 4.39 Å². The Bertz CT molecular complexity index is 501. The van der Waals surface area contributed by atoms with Gasteiger partial charge in [-0.2, -0.15) is 0 Å². The minimum Gasteiger partial charge on any atom is -0.311 e. The lowest BCUT2D eigenvalue weighted by molar-refractivity contribution is 0.602. The highest BCUT2D eigenvalue weighted by molar-refractivity contribution is 9.10. The molecule has 0 atom stereocenters. The standard InChI is InChI=1S/C13H13BrFNS2/c14-10-7-11(18-9-10)8-16-5-6-17-13-4-2-1-3-12(13)15/h1-4,7,9,16H,5-6,8H2. The molecule has 0 saturated heterocycles. The molecule has 0 amide bonds. The van der Waals surface area contributed by atoms with E-state index in [1.165, 1.54) is 10.9 Å². The van der Waals surface area contributed by atoms with Crippen LogP contribution in [-0.2, 0) is 6.54 Å². The molecule has 0 spiro atoms. The van der Waals surface area contributed by atoms with Crippen molar-refractivity contribution in [3.63, 3.8) is 0 Å². The van der Waals surface area contributed by atoms with E-state index >= 15 is 0 Å². The van der Waals surface area contributed by atoms with E-state index in [1.807, 2.05) is 12.1 Å². The first-order valence-electron chi connectivity index (χ1n) is 5.56. The van der Waals surface area contributed by atoms with Gasteiger partial charge in [-0.15, -0.1) is 23.1 Å². The molecule has 1 heterocycles. The zero-order chi connectivity index (χ0) is 12.8. The zero-order valence-corrected chi connectivity index (χ0v) is 12.9. The monoisotopic (exact) mass is 345 g/mol. The highest BCUT2D eigenvalue weighted by Gasteiger charge is 2.01. The quantitative estimate of drug-likeness (QED) is 0.609. The topological polar surface area (TPSA) is 12.0 Å². The summed E-state index contributed by atoms with van der Waals surface area (Å²) in [4.78, 5) is 2.02. The molecule has 1 N–H and O–H groups in total. The molecule has 1 aromatic carbocycles. The summed E-state index contributed by atoms with van der Waals surface area (Å²) in [6.07, 6.45) is 0. The molecule has 0 aliphatic rings. The van der Waals surface area contributed by atoms with Gasteiger partial charge in [-0.3, -0.25) is 0 Å². The SMILES string of the molecule is Fc1ccccc1SCCNCc1cc(Br)cs1. The summed E-state index contributed by atoms with van der Waals surface area (Å²) < 4.78 is 14.5. The van der Waals surface area contributed by atoms with Crippen molar-refractivity contribution in [2.45, 2.75) is 11.4 Å². The van der Waals surface area contributed by atoms with Gasteiger partial charge in [0.25, 0.3) is 0 Å².